The van der Waals surface area contributed by atoms with Gasteiger partial charge in [0.15, 0.2) is 0 Å². The normalized spacial score (nSPS) is 35.9. The number of fused-ring (bicyclic) bond motifs is 1. The van der Waals surface area contributed by atoms with E-state index in [2.05, 4.69) is 40.1 Å². The predicted octanol–water partition coefficient (Wildman–Crippen LogP) is 2.21. The highest BCUT2D eigenvalue weighted by Crippen LogP contribution is 2.46. The first-order valence-electron chi connectivity index (χ1n) is 7.39. The van der Waals surface area contributed by atoms with Crippen LogP contribution in [0.15, 0.2) is 30.3 Å². The topological polar surface area (TPSA) is 6.48 Å². The van der Waals surface area contributed by atoms with Gasteiger partial charge in [0.05, 0.1) is 0 Å². The van der Waals surface area contributed by atoms with Gasteiger partial charge in [-0.25, -0.2) is 0 Å². The summed E-state index contributed by atoms with van der Waals surface area (Å²) in [5.74, 6) is 2.15. The predicted molar refractivity (Wildman–Crippen MR) is 73.3 cm³/mol. The zero-order chi connectivity index (χ0) is 11.9. The van der Waals surface area contributed by atoms with Gasteiger partial charge >= 0.3 is 0 Å². The molecule has 2 saturated heterocycles. The molecule has 1 aromatic carbocycles. The second-order valence-electron chi connectivity index (χ2n) is 6.37. The Balaban J connectivity index is 1.33. The van der Waals surface area contributed by atoms with Gasteiger partial charge in [-0.2, -0.15) is 0 Å². The fourth-order valence-electron chi connectivity index (χ4n) is 3.83. The van der Waals surface area contributed by atoms with Crippen molar-refractivity contribution in [3.05, 3.63) is 35.9 Å². The zero-order valence-electron chi connectivity index (χ0n) is 11.0. The molecule has 1 saturated carbocycles. The van der Waals surface area contributed by atoms with Crippen LogP contribution in [-0.4, -0.2) is 42.0 Å². The minimum atomic E-state index is 0.849. The second-order valence-corrected chi connectivity index (χ2v) is 6.37. The van der Waals surface area contributed by atoms with E-state index in [9.17, 15) is 0 Å². The van der Waals surface area contributed by atoms with E-state index >= 15 is 0 Å². The lowest BCUT2D eigenvalue weighted by molar-refractivity contribution is 0.211. The van der Waals surface area contributed by atoms with Gasteiger partial charge in [-0.15, -0.1) is 0 Å². The maximum atomic E-state index is 2.77. The molecule has 2 heteroatoms. The lowest BCUT2D eigenvalue weighted by Gasteiger charge is -2.25. The van der Waals surface area contributed by atoms with Gasteiger partial charge in [0, 0.05) is 38.8 Å². The molecule has 0 bridgehead atoms. The van der Waals surface area contributed by atoms with Gasteiger partial charge in [0.25, 0.3) is 0 Å². The average Bonchev–Trinajstić information content (AvgIpc) is 2.83. The minimum Gasteiger partial charge on any atom is -0.298 e. The van der Waals surface area contributed by atoms with E-state index in [1.54, 1.807) is 0 Å². The minimum absolute atomic E-state index is 0.849. The quantitative estimate of drug-likeness (QED) is 0.802. The summed E-state index contributed by atoms with van der Waals surface area (Å²) >= 11 is 0. The van der Waals surface area contributed by atoms with Gasteiger partial charge in [-0.05, 0) is 30.2 Å². The number of benzene rings is 1. The number of likely N-dealkylation sites (tertiary alicyclic amines) is 2. The molecule has 0 aromatic heterocycles. The van der Waals surface area contributed by atoms with Gasteiger partial charge in [-0.3, -0.25) is 9.80 Å². The average molecular weight is 242 g/mol. The first-order valence-corrected chi connectivity index (χ1v) is 7.39. The number of hydrogen-bond acceptors (Lipinski definition) is 2. The van der Waals surface area contributed by atoms with Crippen molar-refractivity contribution in [2.24, 2.45) is 11.8 Å². The number of piperidine rings is 1. The van der Waals surface area contributed by atoms with Gasteiger partial charge in [0.2, 0.25) is 0 Å². The van der Waals surface area contributed by atoms with E-state index in [0.29, 0.717) is 0 Å². The van der Waals surface area contributed by atoms with Crippen LogP contribution >= 0.6 is 0 Å². The summed E-state index contributed by atoms with van der Waals surface area (Å²) in [4.78, 5) is 5.40. The van der Waals surface area contributed by atoms with Crippen LogP contribution in [0.3, 0.4) is 0 Å². The maximum Gasteiger partial charge on any atom is 0.0235 e. The Kier molecular flexibility index (Phi) is 2.66. The molecule has 2 aliphatic heterocycles. The van der Waals surface area contributed by atoms with Crippen LogP contribution in [0.25, 0.3) is 0 Å². The molecule has 2 nitrogen and oxygen atoms in total. The summed E-state index contributed by atoms with van der Waals surface area (Å²) in [6.45, 7) is 6.50. The van der Waals surface area contributed by atoms with Crippen molar-refractivity contribution in [1.29, 1.82) is 0 Å². The Bertz CT molecular complexity index is 406. The van der Waals surface area contributed by atoms with Crippen molar-refractivity contribution in [2.45, 2.75) is 25.4 Å². The first-order chi connectivity index (χ1) is 8.88. The highest BCUT2D eigenvalue weighted by atomic mass is 15.3. The molecule has 3 aliphatic rings. The maximum absolute atomic E-state index is 2.77. The molecule has 4 rings (SSSR count). The van der Waals surface area contributed by atoms with Gasteiger partial charge in [-0.1, -0.05) is 30.3 Å². The van der Waals surface area contributed by atoms with E-state index in [-0.39, 0.29) is 0 Å². The number of nitrogens with zero attached hydrogens (tertiary/aromatic N) is 2. The molecule has 1 aromatic rings. The smallest absolute Gasteiger partial charge is 0.0235 e. The molecule has 2 heterocycles. The molecule has 1 aliphatic carbocycles. The van der Waals surface area contributed by atoms with Crippen molar-refractivity contribution in [3.8, 4) is 0 Å². The van der Waals surface area contributed by atoms with Crippen LogP contribution < -0.4 is 0 Å². The van der Waals surface area contributed by atoms with Crippen molar-refractivity contribution in [1.82, 2.24) is 9.80 Å². The fourth-order valence-corrected chi connectivity index (χ4v) is 3.83. The van der Waals surface area contributed by atoms with Crippen LogP contribution in [0.1, 0.15) is 18.4 Å². The van der Waals surface area contributed by atoms with Crippen molar-refractivity contribution >= 4 is 0 Å². The molecule has 2 unspecified atom stereocenters. The van der Waals surface area contributed by atoms with Crippen LogP contribution in [-0.2, 0) is 6.54 Å². The molecule has 0 amide bonds. The zero-order valence-corrected chi connectivity index (χ0v) is 11.0. The molecule has 96 valence electrons. The third-order valence-corrected chi connectivity index (χ3v) is 5.02. The van der Waals surface area contributed by atoms with Gasteiger partial charge in [0.1, 0.15) is 0 Å². The molecule has 3 fully saturated rings. The van der Waals surface area contributed by atoms with E-state index in [1.165, 1.54) is 44.6 Å². The molecular formula is C16H22N2. The van der Waals surface area contributed by atoms with Crippen LogP contribution in [0.2, 0.25) is 0 Å². The summed E-state index contributed by atoms with van der Waals surface area (Å²) in [6.07, 6.45) is 2.91. The summed E-state index contributed by atoms with van der Waals surface area (Å²) < 4.78 is 0. The van der Waals surface area contributed by atoms with Crippen LogP contribution in [0.4, 0.5) is 0 Å². The lowest BCUT2D eigenvalue weighted by atomic mass is 10.2. The Hall–Kier alpha value is -0.860. The molecule has 18 heavy (non-hydrogen) atoms. The lowest BCUT2D eigenvalue weighted by Crippen LogP contribution is -2.36. The molecule has 0 spiro atoms. The third-order valence-electron chi connectivity index (χ3n) is 5.02. The number of rotatable bonds is 3. The van der Waals surface area contributed by atoms with Crippen molar-refractivity contribution in [2.75, 3.05) is 26.2 Å². The summed E-state index contributed by atoms with van der Waals surface area (Å²) in [5, 5.41) is 0. The first kappa shape index (κ1) is 11.0. The Labute approximate surface area is 110 Å². The number of hydrogen-bond donors (Lipinski definition) is 0. The van der Waals surface area contributed by atoms with E-state index < -0.39 is 0 Å². The van der Waals surface area contributed by atoms with Crippen LogP contribution in [0.5, 0.6) is 0 Å². The molecular weight excluding hydrogens is 220 g/mol. The third kappa shape index (κ3) is 2.08. The summed E-state index contributed by atoms with van der Waals surface area (Å²) in [6, 6.07) is 11.7. The fraction of sp³-hybridized carbons (Fsp3) is 0.625. The highest BCUT2D eigenvalue weighted by molar-refractivity contribution is 5.14. The molecule has 0 radical (unpaired) electrons. The second kappa shape index (κ2) is 4.36. The standard InChI is InChI=1S/C16H22N2/c1-2-4-13(5-3-1)9-17-7-6-16(12-17)18-10-14-8-15(14)11-18/h1-5,14-16H,6-12H2/t14?,15?,16-/m1/s1. The summed E-state index contributed by atoms with van der Waals surface area (Å²) in [5.41, 5.74) is 1.46. The van der Waals surface area contributed by atoms with Crippen LogP contribution in [0, 0.1) is 11.8 Å². The monoisotopic (exact) mass is 242 g/mol. The SMILES string of the molecule is c1ccc(CN2CC[C@@H](N3CC4CC4C3)C2)cc1. The summed E-state index contributed by atoms with van der Waals surface area (Å²) in [7, 11) is 0. The van der Waals surface area contributed by atoms with Gasteiger partial charge < -0.3 is 0 Å². The molecule has 0 N–H and O–H groups in total. The Morgan fingerprint density at radius 2 is 1.78 bits per heavy atom. The van der Waals surface area contributed by atoms with E-state index in [1.807, 2.05) is 0 Å². The van der Waals surface area contributed by atoms with Crippen molar-refractivity contribution in [3.63, 3.8) is 0 Å². The highest BCUT2D eigenvalue weighted by Gasteiger charge is 2.47. The van der Waals surface area contributed by atoms with E-state index in [4.69, 9.17) is 0 Å². The van der Waals surface area contributed by atoms with Crippen molar-refractivity contribution < 1.29 is 0 Å². The Morgan fingerprint density at radius 3 is 2.56 bits per heavy atom. The Morgan fingerprint density at radius 1 is 1.00 bits per heavy atom. The molecule has 3 atom stereocenters. The van der Waals surface area contributed by atoms with E-state index in [0.717, 1.165) is 24.4 Å². The largest absolute Gasteiger partial charge is 0.298 e.